The lowest BCUT2D eigenvalue weighted by atomic mass is 10.0. The predicted molar refractivity (Wildman–Crippen MR) is 75.0 cm³/mol. The zero-order valence-corrected chi connectivity index (χ0v) is 11.5. The first-order valence-electron chi connectivity index (χ1n) is 6.60. The van der Waals surface area contributed by atoms with Crippen LogP contribution in [0.3, 0.4) is 0 Å². The summed E-state index contributed by atoms with van der Waals surface area (Å²) in [5.41, 5.74) is 7.80. The van der Waals surface area contributed by atoms with Crippen LogP contribution in [0.1, 0.15) is 30.9 Å². The van der Waals surface area contributed by atoms with E-state index in [-0.39, 0.29) is 18.4 Å². The minimum atomic E-state index is -0.839. The molecular formula is C14H19N3O3. The number of hydrazine groups is 1. The van der Waals surface area contributed by atoms with Crippen molar-refractivity contribution in [2.45, 2.75) is 25.3 Å². The standard InChI is InChI=1S/C14H19N3O3/c1-16-13(18)8-9-17(16)11-4-2-10(3-5-11)12(15)6-7-14(19)20/h2-5,12H,6-9,15H2,1H3,(H,19,20). The highest BCUT2D eigenvalue weighted by molar-refractivity contribution is 5.81. The van der Waals surface area contributed by atoms with Crippen LogP contribution in [0.2, 0.25) is 0 Å². The Balaban J connectivity index is 2.03. The van der Waals surface area contributed by atoms with Crippen molar-refractivity contribution in [3.63, 3.8) is 0 Å². The molecule has 1 aromatic rings. The van der Waals surface area contributed by atoms with Gasteiger partial charge in [0.2, 0.25) is 5.91 Å². The number of nitrogens with two attached hydrogens (primary N) is 1. The molecule has 20 heavy (non-hydrogen) atoms. The number of anilines is 1. The number of aliphatic carboxylic acids is 1. The van der Waals surface area contributed by atoms with Gasteiger partial charge < -0.3 is 10.8 Å². The third-order valence-electron chi connectivity index (χ3n) is 3.55. The summed E-state index contributed by atoms with van der Waals surface area (Å²) in [6.45, 7) is 0.680. The molecular weight excluding hydrogens is 258 g/mol. The molecule has 0 aliphatic carbocycles. The fourth-order valence-corrected chi connectivity index (χ4v) is 2.29. The molecule has 1 fully saturated rings. The van der Waals surface area contributed by atoms with Crippen molar-refractivity contribution in [2.24, 2.45) is 5.73 Å². The van der Waals surface area contributed by atoms with Gasteiger partial charge in [-0.25, -0.2) is 0 Å². The Labute approximate surface area is 117 Å². The molecule has 1 amide bonds. The van der Waals surface area contributed by atoms with E-state index in [1.165, 1.54) is 0 Å². The maximum atomic E-state index is 11.5. The summed E-state index contributed by atoms with van der Waals surface area (Å²) in [5.74, 6) is -0.735. The number of carboxylic acid groups (broad SMARTS) is 1. The molecule has 0 radical (unpaired) electrons. The quantitative estimate of drug-likeness (QED) is 0.842. The minimum Gasteiger partial charge on any atom is -0.481 e. The van der Waals surface area contributed by atoms with Gasteiger partial charge in [0, 0.05) is 32.5 Å². The number of carbonyl (C=O) groups excluding carboxylic acids is 1. The Kier molecular flexibility index (Phi) is 4.24. The van der Waals surface area contributed by atoms with Gasteiger partial charge in [0.15, 0.2) is 0 Å². The predicted octanol–water partition coefficient (Wildman–Crippen LogP) is 1.13. The fraction of sp³-hybridized carbons (Fsp3) is 0.429. The highest BCUT2D eigenvalue weighted by Crippen LogP contribution is 2.24. The molecule has 1 aliphatic rings. The summed E-state index contributed by atoms with van der Waals surface area (Å²) in [6, 6.07) is 7.31. The molecule has 0 saturated carbocycles. The van der Waals surface area contributed by atoms with Crippen LogP contribution in [0, 0.1) is 0 Å². The third kappa shape index (κ3) is 3.08. The average Bonchev–Trinajstić information content (AvgIpc) is 2.76. The van der Waals surface area contributed by atoms with Crippen LogP contribution in [0.4, 0.5) is 5.69 Å². The van der Waals surface area contributed by atoms with E-state index in [9.17, 15) is 9.59 Å². The highest BCUT2D eigenvalue weighted by Gasteiger charge is 2.25. The topological polar surface area (TPSA) is 86.9 Å². The van der Waals surface area contributed by atoms with Crippen LogP contribution in [0.25, 0.3) is 0 Å². The molecule has 0 aromatic heterocycles. The van der Waals surface area contributed by atoms with E-state index in [1.807, 2.05) is 29.3 Å². The van der Waals surface area contributed by atoms with Crippen molar-refractivity contribution >= 4 is 17.6 Å². The Morgan fingerprint density at radius 1 is 1.40 bits per heavy atom. The van der Waals surface area contributed by atoms with Crippen LogP contribution < -0.4 is 10.7 Å². The number of benzene rings is 1. The molecule has 1 saturated heterocycles. The van der Waals surface area contributed by atoms with E-state index in [0.29, 0.717) is 19.4 Å². The molecule has 3 N–H and O–H groups in total. The number of hydrogen-bond donors (Lipinski definition) is 2. The van der Waals surface area contributed by atoms with E-state index in [4.69, 9.17) is 10.8 Å². The lowest BCUT2D eigenvalue weighted by Crippen LogP contribution is -2.35. The lowest BCUT2D eigenvalue weighted by molar-refractivity contribution is -0.137. The minimum absolute atomic E-state index is 0.0618. The Hall–Kier alpha value is -2.08. The van der Waals surface area contributed by atoms with Crippen LogP contribution in [0.5, 0.6) is 0 Å². The summed E-state index contributed by atoms with van der Waals surface area (Å²) < 4.78 is 0. The summed E-state index contributed by atoms with van der Waals surface area (Å²) in [6.07, 6.45) is 0.999. The van der Waals surface area contributed by atoms with Gasteiger partial charge in [0.1, 0.15) is 0 Å². The van der Waals surface area contributed by atoms with Crippen molar-refractivity contribution in [3.05, 3.63) is 29.8 Å². The van der Waals surface area contributed by atoms with Gasteiger partial charge in [-0.05, 0) is 24.1 Å². The van der Waals surface area contributed by atoms with Crippen molar-refractivity contribution in [1.29, 1.82) is 0 Å². The van der Waals surface area contributed by atoms with Gasteiger partial charge in [-0.2, -0.15) is 0 Å². The van der Waals surface area contributed by atoms with E-state index in [2.05, 4.69) is 0 Å². The van der Waals surface area contributed by atoms with Crippen molar-refractivity contribution in [2.75, 3.05) is 18.6 Å². The first-order valence-corrected chi connectivity index (χ1v) is 6.60. The molecule has 1 atom stereocenters. The summed E-state index contributed by atoms with van der Waals surface area (Å²) >= 11 is 0. The zero-order valence-electron chi connectivity index (χ0n) is 11.5. The second-order valence-corrected chi connectivity index (χ2v) is 4.92. The van der Waals surface area contributed by atoms with Crippen molar-refractivity contribution < 1.29 is 14.7 Å². The maximum Gasteiger partial charge on any atom is 0.303 e. The van der Waals surface area contributed by atoms with Gasteiger partial charge in [-0.1, -0.05) is 12.1 Å². The first-order chi connectivity index (χ1) is 9.49. The molecule has 108 valence electrons. The van der Waals surface area contributed by atoms with Gasteiger partial charge in [-0.3, -0.25) is 19.6 Å². The Morgan fingerprint density at radius 2 is 2.05 bits per heavy atom. The molecule has 2 rings (SSSR count). The van der Waals surface area contributed by atoms with E-state index in [0.717, 1.165) is 11.3 Å². The monoisotopic (exact) mass is 277 g/mol. The van der Waals surface area contributed by atoms with Gasteiger partial charge in [-0.15, -0.1) is 0 Å². The molecule has 1 aromatic carbocycles. The summed E-state index contributed by atoms with van der Waals surface area (Å²) in [4.78, 5) is 22.0. The molecule has 1 unspecified atom stereocenters. The van der Waals surface area contributed by atoms with E-state index < -0.39 is 5.97 Å². The highest BCUT2D eigenvalue weighted by atomic mass is 16.4. The largest absolute Gasteiger partial charge is 0.481 e. The molecule has 1 heterocycles. The molecule has 0 bridgehead atoms. The van der Waals surface area contributed by atoms with Crippen molar-refractivity contribution in [1.82, 2.24) is 5.01 Å². The van der Waals surface area contributed by atoms with Gasteiger partial charge >= 0.3 is 5.97 Å². The second kappa shape index (κ2) is 5.92. The second-order valence-electron chi connectivity index (χ2n) is 4.92. The molecule has 6 nitrogen and oxygen atoms in total. The fourth-order valence-electron chi connectivity index (χ4n) is 2.29. The normalized spacial score (nSPS) is 16.6. The number of rotatable bonds is 5. The summed E-state index contributed by atoms with van der Waals surface area (Å²) in [7, 11) is 1.75. The summed E-state index contributed by atoms with van der Waals surface area (Å²) in [5, 5.41) is 12.2. The van der Waals surface area contributed by atoms with E-state index >= 15 is 0 Å². The number of nitrogens with zero attached hydrogens (tertiary/aromatic N) is 2. The number of carbonyl (C=O) groups is 2. The molecule has 1 aliphatic heterocycles. The van der Waals surface area contributed by atoms with Gasteiger partial charge in [0.25, 0.3) is 0 Å². The lowest BCUT2D eigenvalue weighted by Gasteiger charge is -2.26. The first kappa shape index (κ1) is 14.3. The maximum absolute atomic E-state index is 11.5. The van der Waals surface area contributed by atoms with Crippen LogP contribution in [-0.2, 0) is 9.59 Å². The Bertz CT molecular complexity index is 501. The SMILES string of the molecule is CN1C(=O)CCN1c1ccc(C(N)CCC(=O)O)cc1. The smallest absolute Gasteiger partial charge is 0.303 e. The van der Waals surface area contributed by atoms with Crippen LogP contribution in [0.15, 0.2) is 24.3 Å². The zero-order chi connectivity index (χ0) is 14.7. The third-order valence-corrected chi connectivity index (χ3v) is 3.55. The Morgan fingerprint density at radius 3 is 2.55 bits per heavy atom. The average molecular weight is 277 g/mol. The van der Waals surface area contributed by atoms with Gasteiger partial charge in [0.05, 0.1) is 5.69 Å². The number of amides is 1. The number of carboxylic acids is 1. The van der Waals surface area contributed by atoms with Crippen LogP contribution >= 0.6 is 0 Å². The number of hydrogen-bond acceptors (Lipinski definition) is 4. The molecule has 0 spiro atoms. The van der Waals surface area contributed by atoms with E-state index in [1.54, 1.807) is 12.1 Å². The van der Waals surface area contributed by atoms with Crippen LogP contribution in [-0.4, -0.2) is 35.6 Å². The van der Waals surface area contributed by atoms with Crippen molar-refractivity contribution in [3.8, 4) is 0 Å². The molecule has 6 heteroatoms.